The molecule has 1 aliphatic rings. The van der Waals surface area contributed by atoms with Crippen LogP contribution in [0.1, 0.15) is 11.5 Å². The summed E-state index contributed by atoms with van der Waals surface area (Å²) in [7, 11) is 0. The van der Waals surface area contributed by atoms with E-state index in [1.54, 1.807) is 0 Å². The van der Waals surface area contributed by atoms with Crippen molar-refractivity contribution >= 4 is 15.9 Å². The predicted octanol–water partition coefficient (Wildman–Crippen LogP) is 2.24. The molecule has 2 rings (SSSR count). The minimum atomic E-state index is -0.607. The summed E-state index contributed by atoms with van der Waals surface area (Å²) >= 11 is 3.33. The van der Waals surface area contributed by atoms with Crippen molar-refractivity contribution in [3.8, 4) is 0 Å². The number of pyridine rings is 1. The molecule has 0 spiro atoms. The molecule has 14 heavy (non-hydrogen) atoms. The van der Waals surface area contributed by atoms with E-state index in [-0.39, 0.29) is 16.3 Å². The second kappa shape index (κ2) is 3.90. The van der Waals surface area contributed by atoms with E-state index >= 15 is 0 Å². The number of rotatable bonds is 1. The molecular formula is C9H8BrF2NO. The molecule has 0 bridgehead atoms. The van der Waals surface area contributed by atoms with Crippen LogP contribution in [0.15, 0.2) is 12.4 Å². The Morgan fingerprint density at radius 2 is 1.93 bits per heavy atom. The van der Waals surface area contributed by atoms with E-state index < -0.39 is 11.6 Å². The fraction of sp³-hybridized carbons (Fsp3) is 0.444. The lowest BCUT2D eigenvalue weighted by atomic mass is 9.99. The zero-order chi connectivity index (χ0) is 10.1. The Balaban J connectivity index is 2.39. The first kappa shape index (κ1) is 9.98. The molecule has 0 aliphatic carbocycles. The molecule has 0 amide bonds. The Hall–Kier alpha value is -0.550. The van der Waals surface area contributed by atoms with Gasteiger partial charge in [0.25, 0.3) is 0 Å². The molecule has 0 radical (unpaired) electrons. The molecule has 1 aromatic heterocycles. The molecule has 2 atom stereocenters. The number of halogens is 3. The monoisotopic (exact) mass is 263 g/mol. The second-order valence-corrected chi connectivity index (χ2v) is 4.35. The first-order chi connectivity index (χ1) is 6.70. The van der Waals surface area contributed by atoms with Crippen LogP contribution >= 0.6 is 15.9 Å². The van der Waals surface area contributed by atoms with Crippen LogP contribution in [0.2, 0.25) is 0 Å². The maximum atomic E-state index is 13.3. The lowest BCUT2D eigenvalue weighted by Gasteiger charge is -2.13. The van der Waals surface area contributed by atoms with Crippen molar-refractivity contribution < 1.29 is 13.5 Å². The standard InChI is InChI=1S/C9H8BrF2NO/c10-6-4-14-3-5(6)9-7(11)1-13-2-8(9)12/h1-2,5-6H,3-4H2. The van der Waals surface area contributed by atoms with Crippen LogP contribution in [0.3, 0.4) is 0 Å². The molecule has 5 heteroatoms. The van der Waals surface area contributed by atoms with Crippen molar-refractivity contribution in [2.24, 2.45) is 0 Å². The van der Waals surface area contributed by atoms with Crippen LogP contribution in [0.5, 0.6) is 0 Å². The third-order valence-electron chi connectivity index (χ3n) is 2.27. The van der Waals surface area contributed by atoms with Crippen molar-refractivity contribution in [3.05, 3.63) is 29.6 Å². The van der Waals surface area contributed by atoms with Crippen LogP contribution in [0.25, 0.3) is 0 Å². The lowest BCUT2D eigenvalue weighted by Crippen LogP contribution is -2.13. The molecule has 2 heterocycles. The molecule has 2 nitrogen and oxygen atoms in total. The summed E-state index contributed by atoms with van der Waals surface area (Å²) < 4.78 is 31.7. The highest BCUT2D eigenvalue weighted by molar-refractivity contribution is 9.09. The number of hydrogen-bond acceptors (Lipinski definition) is 2. The van der Waals surface area contributed by atoms with Crippen LogP contribution in [0, 0.1) is 11.6 Å². The molecule has 76 valence electrons. The zero-order valence-electron chi connectivity index (χ0n) is 7.21. The van der Waals surface area contributed by atoms with Gasteiger partial charge in [0.15, 0.2) is 0 Å². The largest absolute Gasteiger partial charge is 0.380 e. The maximum Gasteiger partial charge on any atom is 0.148 e. The van der Waals surface area contributed by atoms with Gasteiger partial charge in [0.2, 0.25) is 0 Å². The fourth-order valence-electron chi connectivity index (χ4n) is 1.57. The van der Waals surface area contributed by atoms with Crippen LogP contribution in [-0.2, 0) is 4.74 Å². The SMILES string of the molecule is Fc1cncc(F)c1C1COCC1Br. The highest BCUT2D eigenvalue weighted by Gasteiger charge is 2.31. The molecule has 1 aromatic rings. The molecule has 1 fully saturated rings. The van der Waals surface area contributed by atoms with Gasteiger partial charge < -0.3 is 4.74 Å². The van der Waals surface area contributed by atoms with Crippen LogP contribution in [-0.4, -0.2) is 23.0 Å². The number of alkyl halides is 1. The van der Waals surface area contributed by atoms with Crippen molar-refractivity contribution in [1.82, 2.24) is 4.98 Å². The molecule has 0 saturated carbocycles. The Kier molecular flexibility index (Phi) is 2.78. The summed E-state index contributed by atoms with van der Waals surface area (Å²) in [5.41, 5.74) is 0.0689. The maximum absolute atomic E-state index is 13.3. The Morgan fingerprint density at radius 3 is 2.43 bits per heavy atom. The van der Waals surface area contributed by atoms with E-state index in [0.29, 0.717) is 13.2 Å². The van der Waals surface area contributed by atoms with Gasteiger partial charge in [-0.25, -0.2) is 8.78 Å². The smallest absolute Gasteiger partial charge is 0.148 e. The normalized spacial score (nSPS) is 26.8. The van der Waals surface area contributed by atoms with Gasteiger partial charge in [-0.15, -0.1) is 0 Å². The van der Waals surface area contributed by atoms with Crippen LogP contribution < -0.4 is 0 Å². The average Bonchev–Trinajstić information content (AvgIpc) is 2.52. The summed E-state index contributed by atoms with van der Waals surface area (Å²) in [5, 5.41) is 0. The van der Waals surface area contributed by atoms with Gasteiger partial charge in [0.1, 0.15) is 11.6 Å². The first-order valence-electron chi connectivity index (χ1n) is 4.21. The van der Waals surface area contributed by atoms with Gasteiger partial charge in [0.05, 0.1) is 25.6 Å². The van der Waals surface area contributed by atoms with Gasteiger partial charge in [-0.3, -0.25) is 4.98 Å². The third-order valence-corrected chi connectivity index (χ3v) is 3.17. The number of ether oxygens (including phenoxy) is 1. The topological polar surface area (TPSA) is 22.1 Å². The van der Waals surface area contributed by atoms with Gasteiger partial charge in [-0.2, -0.15) is 0 Å². The van der Waals surface area contributed by atoms with Crippen molar-refractivity contribution in [2.45, 2.75) is 10.7 Å². The fourth-order valence-corrected chi connectivity index (χ4v) is 2.17. The highest BCUT2D eigenvalue weighted by atomic mass is 79.9. The highest BCUT2D eigenvalue weighted by Crippen LogP contribution is 2.33. The quantitative estimate of drug-likeness (QED) is 0.726. The average molecular weight is 264 g/mol. The lowest BCUT2D eigenvalue weighted by molar-refractivity contribution is 0.194. The molecule has 0 N–H and O–H groups in total. The van der Waals surface area contributed by atoms with Gasteiger partial charge in [-0.05, 0) is 0 Å². The Labute approximate surface area is 88.4 Å². The first-order valence-corrected chi connectivity index (χ1v) is 5.12. The summed E-state index contributed by atoms with van der Waals surface area (Å²) in [5.74, 6) is -1.48. The minimum Gasteiger partial charge on any atom is -0.380 e. The van der Waals surface area contributed by atoms with Crippen LogP contribution in [0.4, 0.5) is 8.78 Å². The van der Waals surface area contributed by atoms with Crippen molar-refractivity contribution in [2.75, 3.05) is 13.2 Å². The Bertz CT molecular complexity index is 327. The summed E-state index contributed by atoms with van der Waals surface area (Å²) in [6.45, 7) is 0.819. The van der Waals surface area contributed by atoms with Gasteiger partial charge in [0, 0.05) is 16.3 Å². The minimum absolute atomic E-state index is 0.0334. The van der Waals surface area contributed by atoms with E-state index in [0.717, 1.165) is 12.4 Å². The summed E-state index contributed by atoms with van der Waals surface area (Å²) in [6, 6.07) is 0. The number of nitrogens with zero attached hydrogens (tertiary/aromatic N) is 1. The van der Waals surface area contributed by atoms with E-state index in [1.165, 1.54) is 0 Å². The molecule has 0 aromatic carbocycles. The van der Waals surface area contributed by atoms with Crippen molar-refractivity contribution in [1.29, 1.82) is 0 Å². The van der Waals surface area contributed by atoms with E-state index in [2.05, 4.69) is 20.9 Å². The number of hydrogen-bond donors (Lipinski definition) is 0. The van der Waals surface area contributed by atoms with E-state index in [1.807, 2.05) is 0 Å². The van der Waals surface area contributed by atoms with Gasteiger partial charge >= 0.3 is 0 Å². The third kappa shape index (κ3) is 1.66. The number of aromatic nitrogens is 1. The summed E-state index contributed by atoms with van der Waals surface area (Å²) in [6.07, 6.45) is 2.05. The van der Waals surface area contributed by atoms with E-state index in [9.17, 15) is 8.78 Å². The zero-order valence-corrected chi connectivity index (χ0v) is 8.80. The second-order valence-electron chi connectivity index (χ2n) is 3.18. The predicted molar refractivity (Wildman–Crippen MR) is 50.4 cm³/mol. The molecule has 1 saturated heterocycles. The molecule has 1 aliphatic heterocycles. The van der Waals surface area contributed by atoms with E-state index in [4.69, 9.17) is 4.74 Å². The van der Waals surface area contributed by atoms with Gasteiger partial charge in [-0.1, -0.05) is 15.9 Å². The molecule has 2 unspecified atom stereocenters. The summed E-state index contributed by atoms with van der Waals surface area (Å²) in [4.78, 5) is 3.40. The Morgan fingerprint density at radius 1 is 1.29 bits per heavy atom. The molecular weight excluding hydrogens is 256 g/mol. The van der Waals surface area contributed by atoms with Crippen molar-refractivity contribution in [3.63, 3.8) is 0 Å².